The Bertz CT molecular complexity index is 1040. The summed E-state index contributed by atoms with van der Waals surface area (Å²) in [6.07, 6.45) is 1.63. The molecule has 1 aliphatic carbocycles. The zero-order chi connectivity index (χ0) is 20.1. The van der Waals surface area contributed by atoms with Crippen molar-refractivity contribution in [3.8, 4) is 5.75 Å². The number of carbonyl (C=O) groups is 1. The number of hydrogen-bond acceptors (Lipinski definition) is 4. The third-order valence-corrected chi connectivity index (χ3v) is 8.68. The highest BCUT2D eigenvalue weighted by atomic mass is 35.5. The fourth-order valence-electron chi connectivity index (χ4n) is 4.60. The SMILES string of the molecule is O=C[C@@H]1CCC[C@@]2(S(=O)(=O)c3ccc(Cl)cc3)c3c(F)ccc(F)c3OCC12. The van der Waals surface area contributed by atoms with E-state index >= 15 is 0 Å². The van der Waals surface area contributed by atoms with Gasteiger partial charge in [-0.2, -0.15) is 0 Å². The Kier molecular flexibility index (Phi) is 4.70. The Morgan fingerprint density at radius 2 is 1.79 bits per heavy atom. The number of benzene rings is 2. The van der Waals surface area contributed by atoms with E-state index in [0.717, 1.165) is 12.1 Å². The average Bonchev–Trinajstić information content (AvgIpc) is 2.69. The maximum absolute atomic E-state index is 15.0. The summed E-state index contributed by atoms with van der Waals surface area (Å²) in [5, 5.41) is 0.354. The number of carbonyl (C=O) groups excluding carboxylic acids is 1. The van der Waals surface area contributed by atoms with Crippen molar-refractivity contribution in [2.75, 3.05) is 6.61 Å². The van der Waals surface area contributed by atoms with Crippen molar-refractivity contribution in [1.29, 1.82) is 0 Å². The van der Waals surface area contributed by atoms with E-state index < -0.39 is 38.1 Å². The third kappa shape index (κ3) is 2.59. The van der Waals surface area contributed by atoms with E-state index in [9.17, 15) is 22.0 Å². The summed E-state index contributed by atoms with van der Waals surface area (Å²) in [5.41, 5.74) is -0.315. The first-order valence-electron chi connectivity index (χ1n) is 8.89. The summed E-state index contributed by atoms with van der Waals surface area (Å²) in [5.74, 6) is -3.52. The van der Waals surface area contributed by atoms with Gasteiger partial charge in [-0.15, -0.1) is 0 Å². The molecule has 0 N–H and O–H groups in total. The lowest BCUT2D eigenvalue weighted by atomic mass is 9.68. The molecular weight excluding hydrogens is 410 g/mol. The lowest BCUT2D eigenvalue weighted by Gasteiger charge is -2.49. The first-order chi connectivity index (χ1) is 13.3. The molecule has 1 fully saturated rings. The number of aldehydes is 1. The van der Waals surface area contributed by atoms with Crippen molar-refractivity contribution in [2.24, 2.45) is 11.8 Å². The zero-order valence-electron chi connectivity index (χ0n) is 14.7. The summed E-state index contributed by atoms with van der Waals surface area (Å²) in [7, 11) is -4.20. The Morgan fingerprint density at radius 3 is 2.46 bits per heavy atom. The van der Waals surface area contributed by atoms with Gasteiger partial charge in [0, 0.05) is 16.9 Å². The molecule has 0 aromatic heterocycles. The van der Waals surface area contributed by atoms with Gasteiger partial charge in [0.2, 0.25) is 0 Å². The van der Waals surface area contributed by atoms with Crippen LogP contribution >= 0.6 is 11.6 Å². The van der Waals surface area contributed by atoms with Gasteiger partial charge in [0.25, 0.3) is 0 Å². The van der Waals surface area contributed by atoms with Crippen LogP contribution in [0.25, 0.3) is 0 Å². The fraction of sp³-hybridized carbons (Fsp3) is 0.350. The second kappa shape index (κ2) is 6.81. The molecule has 3 atom stereocenters. The molecule has 1 aliphatic heterocycles. The summed E-state index contributed by atoms with van der Waals surface area (Å²) in [4.78, 5) is 11.6. The van der Waals surface area contributed by atoms with Crippen LogP contribution < -0.4 is 4.74 Å². The van der Waals surface area contributed by atoms with E-state index in [2.05, 4.69) is 0 Å². The molecule has 2 aliphatic rings. The molecular formula is C20H17ClF2O4S. The number of ether oxygens (including phenoxy) is 1. The van der Waals surface area contributed by atoms with Gasteiger partial charge in [-0.1, -0.05) is 18.0 Å². The zero-order valence-corrected chi connectivity index (χ0v) is 16.3. The minimum absolute atomic E-state index is 0.0510. The number of halogens is 3. The molecule has 2 aromatic rings. The van der Waals surface area contributed by atoms with Gasteiger partial charge >= 0.3 is 0 Å². The molecule has 0 spiro atoms. The average molecular weight is 427 g/mol. The molecule has 28 heavy (non-hydrogen) atoms. The van der Waals surface area contributed by atoms with Crippen molar-refractivity contribution < 1.29 is 26.7 Å². The summed E-state index contributed by atoms with van der Waals surface area (Å²) in [6.45, 7) is -0.177. The van der Waals surface area contributed by atoms with Crippen LogP contribution in [-0.2, 0) is 19.4 Å². The first kappa shape index (κ1) is 19.3. The van der Waals surface area contributed by atoms with Crippen LogP contribution in [0.1, 0.15) is 24.8 Å². The highest BCUT2D eigenvalue weighted by molar-refractivity contribution is 7.92. The lowest BCUT2D eigenvalue weighted by Crippen LogP contribution is -2.54. The predicted molar refractivity (Wildman–Crippen MR) is 99.1 cm³/mol. The number of sulfone groups is 1. The molecule has 4 nitrogen and oxygen atoms in total. The van der Waals surface area contributed by atoms with Crippen LogP contribution in [0.2, 0.25) is 5.02 Å². The van der Waals surface area contributed by atoms with Gasteiger partial charge in [0.05, 0.1) is 17.1 Å². The number of fused-ring (bicyclic) bond motifs is 3. The van der Waals surface area contributed by atoms with Crippen molar-refractivity contribution in [2.45, 2.75) is 28.9 Å². The summed E-state index contributed by atoms with van der Waals surface area (Å²) in [6, 6.07) is 7.38. The monoisotopic (exact) mass is 426 g/mol. The Balaban J connectivity index is 2.05. The van der Waals surface area contributed by atoms with Gasteiger partial charge in [-0.05, 0) is 49.2 Å². The molecule has 4 rings (SSSR count). The lowest BCUT2D eigenvalue weighted by molar-refractivity contribution is -0.115. The van der Waals surface area contributed by atoms with Gasteiger partial charge in [-0.3, -0.25) is 0 Å². The maximum Gasteiger partial charge on any atom is 0.188 e. The highest BCUT2D eigenvalue weighted by Crippen LogP contribution is 2.57. The smallest absolute Gasteiger partial charge is 0.188 e. The molecule has 0 radical (unpaired) electrons. The molecule has 0 amide bonds. The van der Waals surface area contributed by atoms with E-state index in [0.29, 0.717) is 24.2 Å². The highest BCUT2D eigenvalue weighted by Gasteiger charge is 2.60. The number of rotatable bonds is 3. The molecule has 8 heteroatoms. The van der Waals surface area contributed by atoms with Gasteiger partial charge in [0.1, 0.15) is 16.9 Å². The minimum atomic E-state index is -4.20. The van der Waals surface area contributed by atoms with Crippen LogP contribution in [0.15, 0.2) is 41.3 Å². The normalized spacial score (nSPS) is 26.7. The summed E-state index contributed by atoms with van der Waals surface area (Å²) < 4.78 is 60.8. The largest absolute Gasteiger partial charge is 0.490 e. The third-order valence-electron chi connectivity index (χ3n) is 5.87. The van der Waals surface area contributed by atoms with Crippen LogP contribution in [-0.4, -0.2) is 21.3 Å². The van der Waals surface area contributed by atoms with Crippen molar-refractivity contribution in [3.05, 3.63) is 58.6 Å². The minimum Gasteiger partial charge on any atom is -0.490 e. The summed E-state index contributed by atoms with van der Waals surface area (Å²) >= 11 is 5.89. The second-order valence-corrected chi connectivity index (χ2v) is 9.83. The van der Waals surface area contributed by atoms with Crippen LogP contribution in [0, 0.1) is 23.5 Å². The number of hydrogen-bond donors (Lipinski definition) is 0. The molecule has 148 valence electrons. The molecule has 1 saturated carbocycles. The van der Waals surface area contributed by atoms with Gasteiger partial charge in [0.15, 0.2) is 21.4 Å². The van der Waals surface area contributed by atoms with Crippen molar-refractivity contribution in [3.63, 3.8) is 0 Å². The Labute approximate surface area is 166 Å². The molecule has 0 saturated heterocycles. The topological polar surface area (TPSA) is 60.4 Å². The van der Waals surface area contributed by atoms with Crippen LogP contribution in [0.5, 0.6) is 5.75 Å². The first-order valence-corrected chi connectivity index (χ1v) is 10.8. The van der Waals surface area contributed by atoms with E-state index in [1.807, 2.05) is 0 Å². The maximum atomic E-state index is 15.0. The van der Waals surface area contributed by atoms with E-state index in [1.165, 1.54) is 24.3 Å². The Hall–Kier alpha value is -1.99. The molecule has 1 unspecified atom stereocenters. The Morgan fingerprint density at radius 1 is 1.11 bits per heavy atom. The van der Waals surface area contributed by atoms with Gasteiger partial charge in [-0.25, -0.2) is 17.2 Å². The van der Waals surface area contributed by atoms with Crippen molar-refractivity contribution in [1.82, 2.24) is 0 Å². The molecule has 0 bridgehead atoms. The van der Waals surface area contributed by atoms with E-state index in [1.54, 1.807) is 0 Å². The van der Waals surface area contributed by atoms with E-state index in [-0.39, 0.29) is 29.2 Å². The van der Waals surface area contributed by atoms with Crippen molar-refractivity contribution >= 4 is 27.7 Å². The predicted octanol–water partition coefficient (Wildman–Crippen LogP) is 4.30. The quantitative estimate of drug-likeness (QED) is 0.687. The molecule has 1 heterocycles. The van der Waals surface area contributed by atoms with Crippen LogP contribution in [0.3, 0.4) is 0 Å². The van der Waals surface area contributed by atoms with Gasteiger partial charge < -0.3 is 9.53 Å². The van der Waals surface area contributed by atoms with E-state index in [4.69, 9.17) is 16.3 Å². The van der Waals surface area contributed by atoms with Crippen LogP contribution in [0.4, 0.5) is 8.78 Å². The standard InChI is InChI=1S/C20H17ClF2O4S/c21-13-3-5-14(6-4-13)28(25,26)20-9-1-2-12(10-24)15(20)11-27-19-17(23)8-7-16(22)18(19)20/h3-8,10,12,15H,1-2,9,11H2/t12-,15?,20-/m0/s1. The second-order valence-electron chi connectivity index (χ2n) is 7.19. The fourth-order valence-corrected chi connectivity index (χ4v) is 7.15. The molecule has 2 aromatic carbocycles.